The number of carbonyl (C=O) groups is 2. The van der Waals surface area contributed by atoms with Crippen LogP contribution in [0.5, 0.6) is 0 Å². The first kappa shape index (κ1) is 39.8. The van der Waals surface area contributed by atoms with Crippen LogP contribution < -0.4 is 16.2 Å². The number of urea groups is 1. The Kier molecular flexibility index (Phi) is 9.57. The number of aromatic amines is 1. The molecule has 3 fully saturated rings. The van der Waals surface area contributed by atoms with Crippen molar-refractivity contribution in [1.29, 1.82) is 0 Å². The molecule has 1 N–H and O–H groups in total. The molecule has 2 saturated heterocycles. The lowest BCUT2D eigenvalue weighted by Crippen LogP contribution is -2.45. The zero-order valence-corrected chi connectivity index (χ0v) is 35.5. The van der Waals surface area contributed by atoms with Crippen LogP contribution in [-0.2, 0) is 16.7 Å². The molecule has 15 heteroatoms. The van der Waals surface area contributed by atoms with Crippen molar-refractivity contribution in [1.82, 2.24) is 34.1 Å². The number of hydrogen-bond donors (Lipinski definition) is 1. The number of H-pyrrole nitrogens is 1. The van der Waals surface area contributed by atoms with Gasteiger partial charge in [-0.1, -0.05) is 48.5 Å². The second-order valence-electron chi connectivity index (χ2n) is 17.5. The minimum absolute atomic E-state index is 0.0173. The third kappa shape index (κ3) is 6.22. The Morgan fingerprint density at radius 1 is 0.952 bits per heavy atom. The van der Waals surface area contributed by atoms with Gasteiger partial charge in [0.05, 0.1) is 23.5 Å². The summed E-state index contributed by atoms with van der Waals surface area (Å²) in [4.78, 5) is 70.0. The highest BCUT2D eigenvalue weighted by molar-refractivity contribution is 6.00. The van der Waals surface area contributed by atoms with Gasteiger partial charge in [0.15, 0.2) is 5.82 Å². The van der Waals surface area contributed by atoms with E-state index in [1.54, 1.807) is 35.8 Å². The topological polar surface area (TPSA) is 152 Å². The molecule has 10 rings (SSSR count). The minimum Gasteiger partial charge on any atom is -0.381 e. The van der Waals surface area contributed by atoms with Gasteiger partial charge in [0.1, 0.15) is 17.1 Å². The number of halogens is 1. The van der Waals surface area contributed by atoms with Crippen molar-refractivity contribution in [3.8, 4) is 5.69 Å². The van der Waals surface area contributed by atoms with Crippen molar-refractivity contribution >= 4 is 28.8 Å². The zero-order chi connectivity index (χ0) is 43.2. The first-order chi connectivity index (χ1) is 29.9. The molecule has 1 saturated carbocycles. The number of nitrogens with one attached hydrogen (secondary N) is 1. The van der Waals surface area contributed by atoms with Gasteiger partial charge in [-0.25, -0.2) is 23.5 Å². The van der Waals surface area contributed by atoms with Crippen LogP contribution in [-0.4, -0.2) is 78.8 Å². The Labute approximate surface area is 356 Å². The molecule has 6 aromatic rings. The molecule has 6 heterocycles. The van der Waals surface area contributed by atoms with E-state index in [0.29, 0.717) is 71.7 Å². The smallest absolute Gasteiger partial charge is 0.381 e. The summed E-state index contributed by atoms with van der Waals surface area (Å²) in [5.74, 6) is -0.486. The highest BCUT2D eigenvalue weighted by Gasteiger charge is 2.59. The summed E-state index contributed by atoms with van der Waals surface area (Å²) in [6.45, 7) is 11.5. The molecule has 3 aliphatic heterocycles. The van der Waals surface area contributed by atoms with E-state index < -0.39 is 17.3 Å². The molecule has 320 valence electrons. The molecule has 0 bridgehead atoms. The molecular weight excluding hydrogens is 792 g/mol. The predicted molar refractivity (Wildman–Crippen MR) is 229 cm³/mol. The maximum atomic E-state index is 15.3. The predicted octanol–water partition coefficient (Wildman–Crippen LogP) is 7.06. The van der Waals surface area contributed by atoms with E-state index in [1.165, 1.54) is 15.0 Å². The van der Waals surface area contributed by atoms with Gasteiger partial charge in [-0.15, -0.1) is 0 Å². The third-order valence-corrected chi connectivity index (χ3v) is 13.9. The standard InChI is InChI=1S/C47H49FN8O6/c1-26-21-35(22-27(2)39(26)48)55-41(57)36-13-16-52(30(5)40(36)49-44(55)54-18-17-53(46(54)60)29(4)31-9-7-6-8-10-31)42(58)38-24-34-23-33(32-14-19-61-20-15-32)11-12-37(34)56(38)47(25-28(47)3)43-50-45(59)62-51-43/h6-12,21-24,28-30,32H,13-20,25H2,1-5H3,(H,50,51,59)/t28-,29-,30-,47-/m0/s1. The lowest BCUT2D eigenvalue weighted by Gasteiger charge is -2.36. The average molecular weight is 841 g/mol. The molecule has 1 aliphatic carbocycles. The number of ether oxygens (including phenoxy) is 1. The van der Waals surface area contributed by atoms with Gasteiger partial charge in [0, 0.05) is 49.3 Å². The molecule has 3 aromatic carbocycles. The van der Waals surface area contributed by atoms with Crippen LogP contribution in [0.1, 0.15) is 108 Å². The number of aryl methyl sites for hydroxylation is 2. The van der Waals surface area contributed by atoms with Crippen molar-refractivity contribution < 1.29 is 23.2 Å². The van der Waals surface area contributed by atoms with E-state index in [-0.39, 0.29) is 60.7 Å². The minimum atomic E-state index is -0.834. The van der Waals surface area contributed by atoms with Gasteiger partial charge in [-0.05, 0) is 118 Å². The van der Waals surface area contributed by atoms with Crippen molar-refractivity contribution in [2.45, 2.75) is 83.8 Å². The quantitative estimate of drug-likeness (QED) is 0.171. The van der Waals surface area contributed by atoms with Crippen LogP contribution in [0.2, 0.25) is 0 Å². The number of nitrogens with zero attached hydrogens (tertiary/aromatic N) is 7. The molecule has 3 amide bonds. The highest BCUT2D eigenvalue weighted by Crippen LogP contribution is 2.56. The maximum Gasteiger partial charge on any atom is 0.438 e. The van der Waals surface area contributed by atoms with E-state index in [0.717, 1.165) is 29.3 Å². The van der Waals surface area contributed by atoms with Crippen molar-refractivity contribution in [3.05, 3.63) is 138 Å². The van der Waals surface area contributed by atoms with Gasteiger partial charge >= 0.3 is 11.8 Å². The summed E-state index contributed by atoms with van der Waals surface area (Å²) in [6.07, 6.45) is 2.65. The van der Waals surface area contributed by atoms with Crippen LogP contribution in [0.4, 0.5) is 15.1 Å². The first-order valence-corrected chi connectivity index (χ1v) is 21.5. The molecule has 0 spiro atoms. The van der Waals surface area contributed by atoms with E-state index in [2.05, 4.69) is 35.3 Å². The summed E-state index contributed by atoms with van der Waals surface area (Å²) in [7, 11) is 0. The van der Waals surface area contributed by atoms with E-state index in [9.17, 15) is 14.4 Å². The van der Waals surface area contributed by atoms with Gasteiger partial charge in [0.2, 0.25) is 5.95 Å². The summed E-state index contributed by atoms with van der Waals surface area (Å²) in [5, 5.41) is 5.04. The molecular formula is C47H49FN8O6. The molecule has 0 radical (unpaired) electrons. The molecule has 0 unspecified atom stereocenters. The molecule has 62 heavy (non-hydrogen) atoms. The van der Waals surface area contributed by atoms with Crippen molar-refractivity contribution in [2.24, 2.45) is 5.92 Å². The lowest BCUT2D eigenvalue weighted by atomic mass is 9.91. The van der Waals surface area contributed by atoms with Crippen molar-refractivity contribution in [3.63, 3.8) is 0 Å². The number of fused-ring (bicyclic) bond motifs is 2. The zero-order valence-electron chi connectivity index (χ0n) is 35.5. The summed E-state index contributed by atoms with van der Waals surface area (Å²) in [5.41, 5.74) is 4.16. The van der Waals surface area contributed by atoms with E-state index in [1.807, 2.05) is 54.8 Å². The van der Waals surface area contributed by atoms with Gasteiger partial charge in [0.25, 0.3) is 11.5 Å². The number of carbonyl (C=O) groups excluding carboxylic acids is 2. The number of anilines is 1. The van der Waals surface area contributed by atoms with Crippen LogP contribution in [0.25, 0.3) is 16.6 Å². The first-order valence-electron chi connectivity index (χ1n) is 21.5. The van der Waals surface area contributed by atoms with Gasteiger partial charge < -0.3 is 19.1 Å². The average Bonchev–Trinajstić information content (AvgIpc) is 3.60. The number of rotatable bonds is 8. The summed E-state index contributed by atoms with van der Waals surface area (Å²) in [6, 6.07) is 20.0. The second kappa shape index (κ2) is 14.9. The molecule has 3 aromatic heterocycles. The Balaban J connectivity index is 1.08. The van der Waals surface area contributed by atoms with Crippen molar-refractivity contribution in [2.75, 3.05) is 37.7 Å². The van der Waals surface area contributed by atoms with Gasteiger partial charge in [-0.2, -0.15) is 0 Å². The van der Waals surface area contributed by atoms with Crippen LogP contribution in [0, 0.1) is 25.6 Å². The number of aromatic nitrogens is 5. The Hall–Kier alpha value is -6.35. The van der Waals surface area contributed by atoms with Crippen LogP contribution >= 0.6 is 0 Å². The number of benzene rings is 3. The summed E-state index contributed by atoms with van der Waals surface area (Å²) < 4.78 is 29.1. The Bertz CT molecular complexity index is 2870. The van der Waals surface area contributed by atoms with Crippen LogP contribution in [0.3, 0.4) is 0 Å². The SMILES string of the molecule is Cc1cc(-n2c(N3CCN([C@@H](C)c4ccccc4)C3=O)nc3c(c2=O)CCN(C(=O)c2cc4cc(C5CCOCC5)ccc4n2[C@@]2(c4noc(=O)[nH]4)C[C@@H]2C)[C@H]3C)cc(C)c1F. The van der Waals surface area contributed by atoms with Gasteiger partial charge in [-0.3, -0.25) is 24.0 Å². The van der Waals surface area contributed by atoms with Crippen LogP contribution in [0.15, 0.2) is 80.8 Å². The monoisotopic (exact) mass is 840 g/mol. The fourth-order valence-corrected chi connectivity index (χ4v) is 10.3. The second-order valence-corrected chi connectivity index (χ2v) is 17.5. The fraction of sp³-hybridized carbons (Fsp3) is 0.404. The summed E-state index contributed by atoms with van der Waals surface area (Å²) >= 11 is 0. The number of amides is 3. The Morgan fingerprint density at radius 2 is 1.68 bits per heavy atom. The largest absolute Gasteiger partial charge is 0.438 e. The lowest BCUT2D eigenvalue weighted by molar-refractivity contribution is 0.0658. The molecule has 14 nitrogen and oxygen atoms in total. The molecule has 4 aliphatic rings. The third-order valence-electron chi connectivity index (χ3n) is 13.9. The maximum absolute atomic E-state index is 15.3. The number of hydrogen-bond acceptors (Lipinski definition) is 8. The molecule has 4 atom stereocenters. The van der Waals surface area contributed by atoms with E-state index >= 15 is 9.18 Å². The highest BCUT2D eigenvalue weighted by atomic mass is 19.1. The normalized spacial score (nSPS) is 22.1. The van der Waals surface area contributed by atoms with E-state index in [4.69, 9.17) is 14.2 Å². The fourth-order valence-electron chi connectivity index (χ4n) is 10.3. The Morgan fingerprint density at radius 3 is 2.35 bits per heavy atom.